The molecule has 1 aliphatic heterocycles. The van der Waals surface area contributed by atoms with Gasteiger partial charge in [0.05, 0.1) is 22.0 Å². The summed E-state index contributed by atoms with van der Waals surface area (Å²) in [5.74, 6) is 0.801. The summed E-state index contributed by atoms with van der Waals surface area (Å²) in [6, 6.07) is 11.1. The monoisotopic (exact) mass is 489 g/mol. The van der Waals surface area contributed by atoms with E-state index in [2.05, 4.69) is 33.0 Å². The van der Waals surface area contributed by atoms with Gasteiger partial charge < -0.3 is 5.32 Å². The minimum atomic E-state index is -4.43. The number of fused-ring (bicyclic) bond motifs is 1. The maximum atomic E-state index is 13.1. The Labute approximate surface area is 166 Å². The zero-order valence-corrected chi connectivity index (χ0v) is 16.2. The second kappa shape index (κ2) is 6.45. The summed E-state index contributed by atoms with van der Waals surface area (Å²) in [5, 5.41) is 8.11. The van der Waals surface area contributed by atoms with Crippen LogP contribution in [0.25, 0.3) is 16.9 Å². The molecule has 1 N–H and O–H groups in total. The largest absolute Gasteiger partial charge is 0.416 e. The molecule has 1 aromatic heterocycles. The average molecular weight is 490 g/mol. The Kier molecular flexibility index (Phi) is 4.38. The number of halogens is 5. The van der Waals surface area contributed by atoms with Crippen LogP contribution in [0.2, 0.25) is 5.02 Å². The zero-order valence-electron chi connectivity index (χ0n) is 13.2. The summed E-state index contributed by atoms with van der Waals surface area (Å²) >= 11 is 8.43. The van der Waals surface area contributed by atoms with Crippen molar-refractivity contribution in [3.8, 4) is 16.9 Å². The van der Waals surface area contributed by atoms with Crippen LogP contribution in [0.1, 0.15) is 11.1 Å². The lowest BCUT2D eigenvalue weighted by Crippen LogP contribution is -2.06. The summed E-state index contributed by atoms with van der Waals surface area (Å²) in [4.78, 5) is 0. The van der Waals surface area contributed by atoms with Crippen molar-refractivity contribution in [2.75, 3.05) is 11.9 Å². The van der Waals surface area contributed by atoms with Gasteiger partial charge in [0.2, 0.25) is 0 Å². The number of hydrogen-bond donors (Lipinski definition) is 1. The summed E-state index contributed by atoms with van der Waals surface area (Å²) in [6.45, 7) is 0.709. The van der Waals surface area contributed by atoms with Crippen LogP contribution in [-0.2, 0) is 12.6 Å². The van der Waals surface area contributed by atoms with Crippen molar-refractivity contribution in [3.63, 3.8) is 0 Å². The van der Waals surface area contributed by atoms with E-state index in [0.29, 0.717) is 24.2 Å². The number of rotatable bonds is 2. The van der Waals surface area contributed by atoms with Crippen LogP contribution in [0.3, 0.4) is 0 Å². The van der Waals surface area contributed by atoms with E-state index in [1.54, 1.807) is 4.68 Å². The van der Waals surface area contributed by atoms with E-state index < -0.39 is 11.7 Å². The summed E-state index contributed by atoms with van der Waals surface area (Å²) in [6.07, 6.45) is -3.75. The van der Waals surface area contributed by atoms with Crippen molar-refractivity contribution in [1.29, 1.82) is 0 Å². The molecule has 0 spiro atoms. The predicted molar refractivity (Wildman–Crippen MR) is 104 cm³/mol. The van der Waals surface area contributed by atoms with Gasteiger partial charge in [-0.15, -0.1) is 0 Å². The van der Waals surface area contributed by atoms with Gasteiger partial charge in [-0.1, -0.05) is 11.6 Å². The Morgan fingerprint density at radius 2 is 1.85 bits per heavy atom. The number of hydrogen-bond acceptors (Lipinski definition) is 2. The molecule has 4 rings (SSSR count). The van der Waals surface area contributed by atoms with Crippen molar-refractivity contribution < 1.29 is 13.2 Å². The Bertz CT molecular complexity index is 981. The lowest BCUT2D eigenvalue weighted by atomic mass is 10.0. The van der Waals surface area contributed by atoms with Crippen molar-refractivity contribution in [2.24, 2.45) is 0 Å². The van der Waals surface area contributed by atoms with Crippen molar-refractivity contribution in [3.05, 3.63) is 62.2 Å². The molecule has 2 heterocycles. The number of anilines is 1. The van der Waals surface area contributed by atoms with Gasteiger partial charge in [-0.05, 0) is 71.5 Å². The molecular weight excluding hydrogens is 478 g/mol. The van der Waals surface area contributed by atoms with E-state index >= 15 is 0 Å². The van der Waals surface area contributed by atoms with Crippen LogP contribution in [-0.4, -0.2) is 16.3 Å². The Morgan fingerprint density at radius 1 is 1.12 bits per heavy atom. The molecule has 1 aliphatic rings. The molecular formula is C18H12ClF3IN3. The molecule has 0 amide bonds. The highest BCUT2D eigenvalue weighted by molar-refractivity contribution is 14.1. The van der Waals surface area contributed by atoms with Gasteiger partial charge in [0.25, 0.3) is 0 Å². The zero-order chi connectivity index (χ0) is 18.5. The number of benzene rings is 2. The smallest absolute Gasteiger partial charge is 0.369 e. The average Bonchev–Trinajstić information content (AvgIpc) is 3.18. The highest BCUT2D eigenvalue weighted by Crippen LogP contribution is 2.40. The molecule has 0 saturated heterocycles. The van der Waals surface area contributed by atoms with Gasteiger partial charge >= 0.3 is 6.18 Å². The molecule has 0 bridgehead atoms. The van der Waals surface area contributed by atoms with E-state index in [4.69, 9.17) is 11.6 Å². The first-order valence-corrected chi connectivity index (χ1v) is 9.29. The first-order chi connectivity index (χ1) is 12.3. The van der Waals surface area contributed by atoms with Crippen LogP contribution in [0.5, 0.6) is 0 Å². The highest BCUT2D eigenvalue weighted by Gasteiger charge is 2.32. The molecule has 3 aromatic rings. The first-order valence-electron chi connectivity index (χ1n) is 7.83. The first kappa shape index (κ1) is 17.7. The van der Waals surface area contributed by atoms with Gasteiger partial charge in [0, 0.05) is 21.2 Å². The van der Waals surface area contributed by atoms with Crippen LogP contribution >= 0.6 is 34.2 Å². The maximum absolute atomic E-state index is 13.1. The number of nitrogens with zero attached hydrogens (tertiary/aromatic N) is 2. The molecule has 3 nitrogen and oxygen atoms in total. The van der Waals surface area contributed by atoms with Crippen molar-refractivity contribution in [2.45, 2.75) is 12.6 Å². The Hall–Kier alpha value is -1.74. The van der Waals surface area contributed by atoms with E-state index in [9.17, 15) is 13.2 Å². The molecule has 0 atom stereocenters. The second-order valence-corrected chi connectivity index (χ2v) is 7.59. The molecule has 0 radical (unpaired) electrons. The number of aromatic nitrogens is 2. The lowest BCUT2D eigenvalue weighted by molar-refractivity contribution is -0.137. The molecule has 134 valence electrons. The maximum Gasteiger partial charge on any atom is 0.416 e. The standard InChI is InChI=1S/C18H12ClF3IN3/c19-15-6-1-10(18(20,21)22)9-14(15)16-13-7-8-24-17(13)26(25-16)12-4-2-11(23)3-5-12/h1-6,9,24H,7-8H2. The molecule has 0 aliphatic carbocycles. The fourth-order valence-corrected chi connectivity index (χ4v) is 3.61. The topological polar surface area (TPSA) is 29.9 Å². The van der Waals surface area contributed by atoms with Gasteiger partial charge in [-0.25, -0.2) is 4.68 Å². The summed E-state index contributed by atoms with van der Waals surface area (Å²) < 4.78 is 42.2. The quantitative estimate of drug-likeness (QED) is 0.462. The Morgan fingerprint density at radius 3 is 2.54 bits per heavy atom. The number of nitrogens with one attached hydrogen (secondary N) is 1. The van der Waals surface area contributed by atoms with Crippen LogP contribution < -0.4 is 5.32 Å². The van der Waals surface area contributed by atoms with Gasteiger partial charge in [0.15, 0.2) is 0 Å². The normalized spacial score (nSPS) is 13.6. The van der Waals surface area contributed by atoms with Crippen LogP contribution in [0.4, 0.5) is 19.0 Å². The Balaban J connectivity index is 1.89. The summed E-state index contributed by atoms with van der Waals surface area (Å²) in [5.41, 5.74) is 1.76. The van der Waals surface area contributed by atoms with E-state index in [0.717, 1.165) is 32.8 Å². The minimum Gasteiger partial charge on any atom is -0.369 e. The van der Waals surface area contributed by atoms with Crippen LogP contribution in [0.15, 0.2) is 42.5 Å². The van der Waals surface area contributed by atoms with E-state index in [1.165, 1.54) is 6.07 Å². The second-order valence-electron chi connectivity index (χ2n) is 5.93. The minimum absolute atomic E-state index is 0.250. The van der Waals surface area contributed by atoms with Crippen molar-refractivity contribution >= 4 is 40.0 Å². The number of alkyl halides is 3. The van der Waals surface area contributed by atoms with E-state index in [1.807, 2.05) is 24.3 Å². The van der Waals surface area contributed by atoms with E-state index in [-0.39, 0.29) is 5.02 Å². The van der Waals surface area contributed by atoms with Gasteiger partial charge in [-0.2, -0.15) is 18.3 Å². The van der Waals surface area contributed by atoms with Crippen LogP contribution in [0, 0.1) is 3.57 Å². The predicted octanol–water partition coefficient (Wildman–Crippen LogP) is 5.78. The fraction of sp³-hybridized carbons (Fsp3) is 0.167. The third kappa shape index (κ3) is 3.07. The molecule has 8 heteroatoms. The molecule has 0 saturated carbocycles. The molecule has 0 fully saturated rings. The highest BCUT2D eigenvalue weighted by atomic mass is 127. The summed E-state index contributed by atoms with van der Waals surface area (Å²) in [7, 11) is 0. The molecule has 0 unspecified atom stereocenters. The fourth-order valence-electron chi connectivity index (χ4n) is 3.04. The third-order valence-corrected chi connectivity index (χ3v) is 5.32. The molecule has 26 heavy (non-hydrogen) atoms. The van der Waals surface area contributed by atoms with Gasteiger partial charge in [0.1, 0.15) is 5.82 Å². The molecule has 2 aromatic carbocycles. The van der Waals surface area contributed by atoms with Crippen molar-refractivity contribution in [1.82, 2.24) is 9.78 Å². The van der Waals surface area contributed by atoms with Gasteiger partial charge in [-0.3, -0.25) is 0 Å². The third-order valence-electron chi connectivity index (χ3n) is 4.27. The SMILES string of the molecule is FC(F)(F)c1ccc(Cl)c(-c2nn(-c3ccc(I)cc3)c3c2CCN3)c1. The lowest BCUT2D eigenvalue weighted by Gasteiger charge is -2.10.